The fourth-order valence-corrected chi connectivity index (χ4v) is 1.42. The minimum Gasteiger partial charge on any atom is -0.477 e. The van der Waals surface area contributed by atoms with Crippen molar-refractivity contribution in [1.29, 1.82) is 0 Å². The van der Waals surface area contributed by atoms with Crippen LogP contribution in [0.25, 0.3) is 0 Å². The highest BCUT2D eigenvalue weighted by molar-refractivity contribution is 7.92. The Kier molecular flexibility index (Phi) is 3.25. The van der Waals surface area contributed by atoms with Crippen LogP contribution in [0, 0.1) is 0 Å². The second-order valence-electron chi connectivity index (χ2n) is 2.72. The van der Waals surface area contributed by atoms with Crippen LogP contribution in [0.5, 0.6) is 0 Å². The van der Waals surface area contributed by atoms with Gasteiger partial charge in [0.05, 0.1) is 5.75 Å². The molecule has 6 nitrogen and oxygen atoms in total. The van der Waals surface area contributed by atoms with E-state index in [9.17, 15) is 13.2 Å². The molecule has 0 radical (unpaired) electrons. The van der Waals surface area contributed by atoms with Crippen LogP contribution >= 0.6 is 0 Å². The third-order valence-electron chi connectivity index (χ3n) is 1.61. The van der Waals surface area contributed by atoms with Gasteiger partial charge in [-0.05, 0) is 19.1 Å². The topological polar surface area (TPSA) is 96.4 Å². The lowest BCUT2D eigenvalue weighted by Gasteiger charge is -2.04. The third kappa shape index (κ3) is 3.21. The first-order valence-electron chi connectivity index (χ1n) is 4.15. The molecule has 0 spiro atoms. The van der Waals surface area contributed by atoms with Gasteiger partial charge in [-0.1, -0.05) is 6.07 Å². The van der Waals surface area contributed by atoms with E-state index in [1.807, 2.05) is 0 Å². The van der Waals surface area contributed by atoms with E-state index in [1.165, 1.54) is 25.1 Å². The van der Waals surface area contributed by atoms with E-state index in [0.717, 1.165) is 0 Å². The summed E-state index contributed by atoms with van der Waals surface area (Å²) in [6.07, 6.45) is 0. The van der Waals surface area contributed by atoms with Gasteiger partial charge in [0.2, 0.25) is 10.0 Å². The van der Waals surface area contributed by atoms with E-state index in [4.69, 9.17) is 5.11 Å². The van der Waals surface area contributed by atoms with Crippen molar-refractivity contribution in [2.45, 2.75) is 6.92 Å². The zero-order valence-corrected chi connectivity index (χ0v) is 8.78. The Bertz CT molecular complexity index is 469. The quantitative estimate of drug-likeness (QED) is 0.787. The van der Waals surface area contributed by atoms with Crippen LogP contribution in [0.2, 0.25) is 0 Å². The lowest BCUT2D eigenvalue weighted by atomic mass is 10.3. The fraction of sp³-hybridized carbons (Fsp3) is 0.250. The summed E-state index contributed by atoms with van der Waals surface area (Å²) >= 11 is 0. The molecular weight excluding hydrogens is 220 g/mol. The van der Waals surface area contributed by atoms with Crippen molar-refractivity contribution in [3.63, 3.8) is 0 Å². The summed E-state index contributed by atoms with van der Waals surface area (Å²) in [7, 11) is -3.42. The molecule has 1 aromatic rings. The molecule has 0 bridgehead atoms. The molecule has 2 N–H and O–H groups in total. The zero-order valence-electron chi connectivity index (χ0n) is 7.97. The molecule has 1 heterocycles. The van der Waals surface area contributed by atoms with Gasteiger partial charge in [0.25, 0.3) is 0 Å². The monoisotopic (exact) mass is 230 g/mol. The number of hydrogen-bond acceptors (Lipinski definition) is 4. The number of carbonyl (C=O) groups is 1. The summed E-state index contributed by atoms with van der Waals surface area (Å²) in [5.41, 5.74) is -0.202. The minimum atomic E-state index is -3.42. The van der Waals surface area contributed by atoms with Gasteiger partial charge in [-0.2, -0.15) is 0 Å². The van der Waals surface area contributed by atoms with Crippen molar-refractivity contribution >= 4 is 21.8 Å². The second-order valence-corrected chi connectivity index (χ2v) is 4.73. The minimum absolute atomic E-state index is 0.0109. The molecule has 0 aliphatic rings. The van der Waals surface area contributed by atoms with Gasteiger partial charge in [-0.25, -0.2) is 18.2 Å². The first-order valence-corrected chi connectivity index (χ1v) is 5.80. The number of carboxylic acid groups (broad SMARTS) is 1. The van der Waals surface area contributed by atoms with Crippen molar-refractivity contribution in [1.82, 2.24) is 4.98 Å². The Hall–Kier alpha value is -1.63. The number of rotatable bonds is 4. The van der Waals surface area contributed by atoms with Crippen molar-refractivity contribution in [3.8, 4) is 0 Å². The number of pyridine rings is 1. The van der Waals surface area contributed by atoms with Crippen LogP contribution in [0.3, 0.4) is 0 Å². The lowest BCUT2D eigenvalue weighted by Crippen LogP contribution is -2.16. The summed E-state index contributed by atoms with van der Waals surface area (Å²) in [5.74, 6) is -1.28. The zero-order chi connectivity index (χ0) is 11.5. The Labute approximate surface area is 87.0 Å². The maximum absolute atomic E-state index is 11.2. The van der Waals surface area contributed by atoms with Crippen LogP contribution in [0.15, 0.2) is 18.2 Å². The number of aromatic carboxylic acids is 1. The predicted molar refractivity (Wildman–Crippen MR) is 54.3 cm³/mol. The van der Waals surface area contributed by atoms with Crippen molar-refractivity contribution in [2.24, 2.45) is 0 Å². The Morgan fingerprint density at radius 1 is 1.53 bits per heavy atom. The van der Waals surface area contributed by atoms with Gasteiger partial charge >= 0.3 is 5.97 Å². The number of aromatic nitrogens is 1. The van der Waals surface area contributed by atoms with E-state index < -0.39 is 16.0 Å². The van der Waals surface area contributed by atoms with Crippen LogP contribution in [0.4, 0.5) is 5.82 Å². The molecule has 82 valence electrons. The summed E-state index contributed by atoms with van der Waals surface area (Å²) in [5, 5.41) is 8.63. The maximum atomic E-state index is 11.2. The Morgan fingerprint density at radius 2 is 2.20 bits per heavy atom. The molecule has 0 aliphatic carbocycles. The highest BCUT2D eigenvalue weighted by Gasteiger charge is 2.10. The largest absolute Gasteiger partial charge is 0.477 e. The van der Waals surface area contributed by atoms with E-state index in [1.54, 1.807) is 0 Å². The molecule has 0 amide bonds. The van der Waals surface area contributed by atoms with Crippen LogP contribution in [-0.4, -0.2) is 30.2 Å². The predicted octanol–water partition coefficient (Wildman–Crippen LogP) is 0.541. The van der Waals surface area contributed by atoms with Gasteiger partial charge in [-0.3, -0.25) is 4.72 Å². The van der Waals surface area contributed by atoms with Crippen LogP contribution in [-0.2, 0) is 10.0 Å². The van der Waals surface area contributed by atoms with E-state index in [-0.39, 0.29) is 17.3 Å². The Morgan fingerprint density at radius 3 is 2.73 bits per heavy atom. The molecule has 0 saturated heterocycles. The van der Waals surface area contributed by atoms with Crippen LogP contribution < -0.4 is 4.72 Å². The standard InChI is InChI=1S/C8H10N2O4S/c1-2-15(13,14)10-7-5-3-4-6(9-7)8(11)12/h3-5H,2H2,1H3,(H,9,10)(H,11,12). The number of carboxylic acids is 1. The van der Waals surface area contributed by atoms with Crippen molar-refractivity contribution in [3.05, 3.63) is 23.9 Å². The van der Waals surface area contributed by atoms with Gasteiger partial charge < -0.3 is 5.11 Å². The molecule has 7 heteroatoms. The molecule has 0 saturated carbocycles. The number of anilines is 1. The Balaban J connectivity index is 2.97. The smallest absolute Gasteiger partial charge is 0.354 e. The number of sulfonamides is 1. The summed E-state index contributed by atoms with van der Waals surface area (Å²) in [6, 6.07) is 4.09. The van der Waals surface area contributed by atoms with Gasteiger partial charge in [-0.15, -0.1) is 0 Å². The molecule has 0 fully saturated rings. The SMILES string of the molecule is CCS(=O)(=O)Nc1cccc(C(=O)O)n1. The lowest BCUT2D eigenvalue weighted by molar-refractivity contribution is 0.0690. The van der Waals surface area contributed by atoms with Crippen LogP contribution in [0.1, 0.15) is 17.4 Å². The number of hydrogen-bond donors (Lipinski definition) is 2. The second kappa shape index (κ2) is 4.26. The van der Waals surface area contributed by atoms with Gasteiger partial charge in [0, 0.05) is 0 Å². The molecule has 15 heavy (non-hydrogen) atoms. The summed E-state index contributed by atoms with van der Waals surface area (Å²) in [4.78, 5) is 14.2. The van der Waals surface area contributed by atoms with E-state index in [0.29, 0.717) is 0 Å². The summed E-state index contributed by atoms with van der Waals surface area (Å²) < 4.78 is 24.5. The third-order valence-corrected chi connectivity index (χ3v) is 2.89. The molecule has 0 atom stereocenters. The normalized spacial score (nSPS) is 11.0. The maximum Gasteiger partial charge on any atom is 0.354 e. The molecule has 0 aliphatic heterocycles. The number of nitrogens with zero attached hydrogens (tertiary/aromatic N) is 1. The van der Waals surface area contributed by atoms with E-state index in [2.05, 4.69) is 9.71 Å². The van der Waals surface area contributed by atoms with E-state index >= 15 is 0 Å². The average Bonchev–Trinajstić information content (AvgIpc) is 2.17. The highest BCUT2D eigenvalue weighted by atomic mass is 32.2. The molecule has 0 unspecified atom stereocenters. The van der Waals surface area contributed by atoms with Crippen molar-refractivity contribution in [2.75, 3.05) is 10.5 Å². The van der Waals surface area contributed by atoms with Gasteiger partial charge in [0.1, 0.15) is 5.82 Å². The highest BCUT2D eigenvalue weighted by Crippen LogP contribution is 2.07. The van der Waals surface area contributed by atoms with Crippen molar-refractivity contribution < 1.29 is 18.3 Å². The molecule has 1 aromatic heterocycles. The van der Waals surface area contributed by atoms with Gasteiger partial charge in [0.15, 0.2) is 5.69 Å². The fourth-order valence-electron chi connectivity index (χ4n) is 0.842. The first kappa shape index (κ1) is 11.4. The molecule has 1 rings (SSSR count). The average molecular weight is 230 g/mol. The molecule has 0 aromatic carbocycles. The first-order chi connectivity index (χ1) is 6.94. The number of nitrogens with one attached hydrogen (secondary N) is 1. The molecular formula is C8H10N2O4S. The summed E-state index contributed by atoms with van der Waals surface area (Å²) in [6.45, 7) is 1.48.